The third-order valence-electron chi connectivity index (χ3n) is 6.29. The first-order chi connectivity index (χ1) is 15.2. The molecule has 1 amide bonds. The fourth-order valence-electron chi connectivity index (χ4n) is 4.26. The third-order valence-corrected chi connectivity index (χ3v) is 6.29. The number of aromatic nitrogens is 3. The minimum absolute atomic E-state index is 0.0720. The normalized spacial score (nSPS) is 18.1. The average Bonchev–Trinajstić information content (AvgIpc) is 3.33. The van der Waals surface area contributed by atoms with Crippen LogP contribution in [0.1, 0.15) is 90.5 Å². The molecule has 2 fully saturated rings. The lowest BCUT2D eigenvalue weighted by Gasteiger charge is -2.30. The number of piperidine rings is 1. The van der Waals surface area contributed by atoms with Crippen LogP contribution in [0.3, 0.4) is 0 Å². The summed E-state index contributed by atoms with van der Waals surface area (Å²) in [6.07, 6.45) is -1.50. The summed E-state index contributed by atoms with van der Waals surface area (Å²) >= 11 is 0. The molecular formula is C22H23F3N4O3. The first kappa shape index (κ1) is 21.0. The van der Waals surface area contributed by atoms with Crippen molar-refractivity contribution in [2.75, 3.05) is 13.1 Å². The highest BCUT2D eigenvalue weighted by Gasteiger charge is 2.38. The second-order valence-corrected chi connectivity index (χ2v) is 8.95. The second kappa shape index (κ2) is 7.60. The fraction of sp³-hybridized carbons (Fsp3) is 0.545. The summed E-state index contributed by atoms with van der Waals surface area (Å²) < 4.78 is 52.0. The maximum Gasteiger partial charge on any atom is 0.417 e. The predicted molar refractivity (Wildman–Crippen MR) is 107 cm³/mol. The monoisotopic (exact) mass is 448 g/mol. The Morgan fingerprint density at radius 3 is 2.41 bits per heavy atom. The zero-order chi connectivity index (χ0) is 22.6. The van der Waals surface area contributed by atoms with Crippen LogP contribution in [0.4, 0.5) is 13.2 Å². The highest BCUT2D eigenvalue weighted by Crippen LogP contribution is 2.42. The van der Waals surface area contributed by atoms with Gasteiger partial charge in [0.25, 0.3) is 11.6 Å². The molecule has 0 aromatic carbocycles. The van der Waals surface area contributed by atoms with Crippen molar-refractivity contribution in [3.63, 3.8) is 0 Å². The van der Waals surface area contributed by atoms with Gasteiger partial charge in [0.1, 0.15) is 5.76 Å². The number of carbonyl (C=O) groups excluding carboxylic acids is 1. The molecule has 0 atom stereocenters. The van der Waals surface area contributed by atoms with E-state index in [2.05, 4.69) is 15.3 Å². The molecule has 1 saturated carbocycles. The van der Waals surface area contributed by atoms with Gasteiger partial charge in [-0.15, -0.1) is 0 Å². The molecule has 0 bridgehead atoms. The molecule has 170 valence electrons. The maximum absolute atomic E-state index is 13.8. The Hall–Kier alpha value is -2.91. The van der Waals surface area contributed by atoms with Crippen LogP contribution in [-0.4, -0.2) is 39.2 Å². The number of alkyl halides is 3. The Morgan fingerprint density at radius 2 is 1.78 bits per heavy atom. The van der Waals surface area contributed by atoms with Crippen molar-refractivity contribution < 1.29 is 27.0 Å². The van der Waals surface area contributed by atoms with E-state index in [1.54, 1.807) is 24.8 Å². The van der Waals surface area contributed by atoms with Gasteiger partial charge in [0.15, 0.2) is 5.69 Å². The van der Waals surface area contributed by atoms with Crippen molar-refractivity contribution in [3.05, 3.63) is 40.5 Å². The SMILES string of the molecule is CC(C)c1cc(C(F)(F)F)c2c(C3CCN(C(=O)c4cc(C5CC5)on4)CC3)noc2n1. The lowest BCUT2D eigenvalue weighted by molar-refractivity contribution is -0.136. The number of halogens is 3. The van der Waals surface area contributed by atoms with E-state index in [1.807, 2.05) is 0 Å². The van der Waals surface area contributed by atoms with Crippen LogP contribution in [-0.2, 0) is 6.18 Å². The Kier molecular flexibility index (Phi) is 4.98. The van der Waals surface area contributed by atoms with Crippen molar-refractivity contribution in [2.24, 2.45) is 0 Å². The Balaban J connectivity index is 1.37. The van der Waals surface area contributed by atoms with Gasteiger partial charge >= 0.3 is 6.18 Å². The van der Waals surface area contributed by atoms with Crippen LogP contribution in [0, 0.1) is 0 Å². The third kappa shape index (κ3) is 3.75. The number of hydrogen-bond acceptors (Lipinski definition) is 6. The van der Waals surface area contributed by atoms with Crippen molar-refractivity contribution in [1.29, 1.82) is 0 Å². The molecular weight excluding hydrogens is 425 g/mol. The molecule has 1 saturated heterocycles. The first-order valence-electron chi connectivity index (χ1n) is 10.9. The topological polar surface area (TPSA) is 85.3 Å². The standard InChI is InChI=1S/C22H23F3N4O3/c1-11(2)15-9-14(22(23,24)25)18-19(28-32-20(18)26-15)13-5-7-29(8-6-13)21(30)16-10-17(31-27-16)12-3-4-12/h9-13H,3-8H2,1-2H3. The fourth-order valence-corrected chi connectivity index (χ4v) is 4.26. The van der Waals surface area contributed by atoms with Gasteiger partial charge in [0.05, 0.1) is 16.6 Å². The smallest absolute Gasteiger partial charge is 0.360 e. The first-order valence-corrected chi connectivity index (χ1v) is 10.9. The Bertz CT molecular complexity index is 1160. The van der Waals surface area contributed by atoms with E-state index in [4.69, 9.17) is 9.05 Å². The zero-order valence-corrected chi connectivity index (χ0v) is 17.8. The summed E-state index contributed by atoms with van der Waals surface area (Å²) in [5.41, 5.74) is -0.00351. The number of carbonyl (C=O) groups is 1. The molecule has 1 aliphatic heterocycles. The summed E-state index contributed by atoms with van der Waals surface area (Å²) in [7, 11) is 0. The Morgan fingerprint density at radius 1 is 1.06 bits per heavy atom. The van der Waals surface area contributed by atoms with E-state index in [9.17, 15) is 18.0 Å². The molecule has 0 unspecified atom stereocenters. The number of pyridine rings is 1. The summed E-state index contributed by atoms with van der Waals surface area (Å²) in [6, 6.07) is 2.79. The van der Waals surface area contributed by atoms with Gasteiger partial charge in [-0.25, -0.2) is 4.98 Å². The van der Waals surface area contributed by atoms with Gasteiger partial charge in [-0.05, 0) is 37.7 Å². The van der Waals surface area contributed by atoms with E-state index >= 15 is 0 Å². The number of fused-ring (bicyclic) bond motifs is 1. The largest absolute Gasteiger partial charge is 0.417 e. The van der Waals surface area contributed by atoms with Crippen molar-refractivity contribution >= 4 is 17.0 Å². The van der Waals surface area contributed by atoms with E-state index in [0.717, 1.165) is 24.7 Å². The number of amides is 1. The van der Waals surface area contributed by atoms with Crippen molar-refractivity contribution in [2.45, 2.75) is 63.5 Å². The molecule has 2 aliphatic rings. The van der Waals surface area contributed by atoms with Gasteiger partial charge in [0.2, 0.25) is 0 Å². The van der Waals surface area contributed by atoms with Crippen LogP contribution in [0.5, 0.6) is 0 Å². The molecule has 3 aromatic rings. The summed E-state index contributed by atoms with van der Waals surface area (Å²) in [5.74, 6) is 0.448. The molecule has 1 aliphatic carbocycles. The molecule has 0 spiro atoms. The molecule has 0 radical (unpaired) electrons. The molecule has 0 N–H and O–H groups in total. The molecule has 32 heavy (non-hydrogen) atoms. The van der Waals surface area contributed by atoms with E-state index in [1.165, 1.54) is 0 Å². The second-order valence-electron chi connectivity index (χ2n) is 8.95. The minimum atomic E-state index is -4.55. The molecule has 3 aromatic heterocycles. The van der Waals surface area contributed by atoms with Gasteiger partial charge in [-0.3, -0.25) is 4.79 Å². The van der Waals surface area contributed by atoms with Crippen LogP contribution in [0.15, 0.2) is 21.2 Å². The van der Waals surface area contributed by atoms with Crippen molar-refractivity contribution in [1.82, 2.24) is 20.2 Å². The lowest BCUT2D eigenvalue weighted by Crippen LogP contribution is -2.38. The predicted octanol–water partition coefficient (Wildman–Crippen LogP) is 5.25. The minimum Gasteiger partial charge on any atom is -0.360 e. The summed E-state index contributed by atoms with van der Waals surface area (Å²) in [6.45, 7) is 4.34. The number of nitrogens with zero attached hydrogens (tertiary/aromatic N) is 4. The van der Waals surface area contributed by atoms with E-state index in [0.29, 0.717) is 37.5 Å². The average molecular weight is 448 g/mol. The van der Waals surface area contributed by atoms with Gasteiger partial charge in [-0.2, -0.15) is 13.2 Å². The number of hydrogen-bond donors (Lipinski definition) is 0. The van der Waals surface area contributed by atoms with Gasteiger partial charge in [-0.1, -0.05) is 24.2 Å². The number of likely N-dealkylation sites (tertiary alicyclic amines) is 1. The lowest BCUT2D eigenvalue weighted by atomic mass is 9.90. The Labute approximate surface area is 181 Å². The maximum atomic E-state index is 13.8. The van der Waals surface area contributed by atoms with Crippen LogP contribution in [0.2, 0.25) is 0 Å². The van der Waals surface area contributed by atoms with E-state index in [-0.39, 0.29) is 40.2 Å². The molecule has 7 nitrogen and oxygen atoms in total. The van der Waals surface area contributed by atoms with Gasteiger partial charge in [0, 0.05) is 36.7 Å². The summed E-state index contributed by atoms with van der Waals surface area (Å²) in [5, 5.41) is 7.81. The highest BCUT2D eigenvalue weighted by atomic mass is 19.4. The molecule has 4 heterocycles. The highest BCUT2D eigenvalue weighted by molar-refractivity contribution is 5.92. The summed E-state index contributed by atoms with van der Waals surface area (Å²) in [4.78, 5) is 18.7. The van der Waals surface area contributed by atoms with E-state index < -0.39 is 11.7 Å². The number of rotatable bonds is 4. The van der Waals surface area contributed by atoms with Crippen LogP contribution < -0.4 is 0 Å². The van der Waals surface area contributed by atoms with Crippen LogP contribution >= 0.6 is 0 Å². The quantitative estimate of drug-likeness (QED) is 0.542. The molecule has 5 rings (SSSR count). The molecule has 10 heteroatoms. The van der Waals surface area contributed by atoms with Crippen LogP contribution in [0.25, 0.3) is 11.1 Å². The van der Waals surface area contributed by atoms with Gasteiger partial charge < -0.3 is 13.9 Å². The zero-order valence-electron chi connectivity index (χ0n) is 17.8. The van der Waals surface area contributed by atoms with Crippen molar-refractivity contribution in [3.8, 4) is 0 Å².